The van der Waals surface area contributed by atoms with Crippen molar-refractivity contribution in [2.75, 3.05) is 5.73 Å². The van der Waals surface area contributed by atoms with Crippen LogP contribution in [0, 0.1) is 0 Å². The number of nitrogen functional groups attached to an aromatic ring is 1. The van der Waals surface area contributed by atoms with E-state index in [-0.39, 0.29) is 0 Å². The van der Waals surface area contributed by atoms with Crippen LogP contribution in [0.2, 0.25) is 0 Å². The van der Waals surface area contributed by atoms with E-state index in [1.807, 2.05) is 6.07 Å². The Morgan fingerprint density at radius 2 is 2.00 bits per heavy atom. The Morgan fingerprint density at radius 1 is 1.22 bits per heavy atom. The fourth-order valence-electron chi connectivity index (χ4n) is 1.79. The Hall–Kier alpha value is -2.63. The van der Waals surface area contributed by atoms with E-state index in [9.17, 15) is 4.79 Å². The molecule has 0 aromatic carbocycles. The van der Waals surface area contributed by atoms with Crippen LogP contribution in [0.5, 0.6) is 0 Å². The number of nitrogens with two attached hydrogens (primary N) is 1. The SMILES string of the molecule is Nc1ncccc1Cn1c(=O)oc2cccnc21. The van der Waals surface area contributed by atoms with Gasteiger partial charge in [0.1, 0.15) is 5.82 Å². The maximum Gasteiger partial charge on any atom is 0.421 e. The number of fused-ring (bicyclic) bond motifs is 1. The molecule has 0 spiro atoms. The van der Waals surface area contributed by atoms with Gasteiger partial charge in [0.15, 0.2) is 11.2 Å². The summed E-state index contributed by atoms with van der Waals surface area (Å²) < 4.78 is 6.53. The molecule has 0 amide bonds. The first kappa shape index (κ1) is 10.5. The van der Waals surface area contributed by atoms with Crippen molar-refractivity contribution in [1.29, 1.82) is 0 Å². The van der Waals surface area contributed by atoms with Crippen LogP contribution in [0.4, 0.5) is 5.82 Å². The molecule has 0 bridgehead atoms. The van der Waals surface area contributed by atoms with Gasteiger partial charge in [-0.3, -0.25) is 4.57 Å². The average molecular weight is 242 g/mol. The minimum Gasteiger partial charge on any atom is -0.406 e. The van der Waals surface area contributed by atoms with Gasteiger partial charge in [-0.25, -0.2) is 14.8 Å². The monoisotopic (exact) mass is 242 g/mol. The summed E-state index contributed by atoms with van der Waals surface area (Å²) in [5.41, 5.74) is 7.48. The Kier molecular flexibility index (Phi) is 2.33. The fraction of sp³-hybridized carbons (Fsp3) is 0.0833. The maximum absolute atomic E-state index is 11.7. The van der Waals surface area contributed by atoms with Crippen LogP contribution in [0.15, 0.2) is 45.9 Å². The second-order valence-corrected chi connectivity index (χ2v) is 3.83. The number of nitrogens with zero attached hydrogens (tertiary/aromatic N) is 3. The highest BCUT2D eigenvalue weighted by Crippen LogP contribution is 2.13. The van der Waals surface area contributed by atoms with Gasteiger partial charge in [0.05, 0.1) is 6.54 Å². The van der Waals surface area contributed by atoms with Crippen molar-refractivity contribution >= 4 is 17.0 Å². The van der Waals surface area contributed by atoms with E-state index in [0.717, 1.165) is 5.56 Å². The molecule has 0 aliphatic carbocycles. The van der Waals surface area contributed by atoms with Gasteiger partial charge in [-0.2, -0.15) is 0 Å². The lowest BCUT2D eigenvalue weighted by Gasteiger charge is -2.04. The van der Waals surface area contributed by atoms with Crippen LogP contribution in [0.1, 0.15) is 5.56 Å². The molecule has 18 heavy (non-hydrogen) atoms. The summed E-state index contributed by atoms with van der Waals surface area (Å²) in [6, 6.07) is 7.00. The van der Waals surface area contributed by atoms with E-state index in [4.69, 9.17) is 10.2 Å². The standard InChI is InChI=1S/C12H10N4O2/c13-10-8(3-1-5-14-10)7-16-11-9(18-12(16)17)4-2-6-15-11/h1-6H,7H2,(H2,13,14). The van der Waals surface area contributed by atoms with Gasteiger partial charge < -0.3 is 10.2 Å². The fourth-order valence-corrected chi connectivity index (χ4v) is 1.79. The number of rotatable bonds is 2. The smallest absolute Gasteiger partial charge is 0.406 e. The Balaban J connectivity index is 2.13. The molecule has 2 N–H and O–H groups in total. The molecular formula is C12H10N4O2. The summed E-state index contributed by atoms with van der Waals surface area (Å²) in [4.78, 5) is 19.9. The highest BCUT2D eigenvalue weighted by atomic mass is 16.4. The van der Waals surface area contributed by atoms with Gasteiger partial charge in [0.25, 0.3) is 0 Å². The Morgan fingerprint density at radius 3 is 2.83 bits per heavy atom. The summed E-state index contributed by atoms with van der Waals surface area (Å²) in [5.74, 6) is -0.0540. The number of hydrogen-bond donors (Lipinski definition) is 1. The van der Waals surface area contributed by atoms with Gasteiger partial charge >= 0.3 is 5.76 Å². The minimum absolute atomic E-state index is 0.294. The van der Waals surface area contributed by atoms with Gasteiger partial charge in [-0.15, -0.1) is 0 Å². The van der Waals surface area contributed by atoms with Crippen molar-refractivity contribution in [1.82, 2.24) is 14.5 Å². The zero-order valence-electron chi connectivity index (χ0n) is 9.41. The van der Waals surface area contributed by atoms with Crippen LogP contribution in [-0.4, -0.2) is 14.5 Å². The second kappa shape index (κ2) is 3.99. The summed E-state index contributed by atoms with van der Waals surface area (Å²) in [7, 11) is 0. The van der Waals surface area contributed by atoms with Crippen molar-refractivity contribution in [2.45, 2.75) is 6.54 Å². The molecule has 0 fully saturated rings. The predicted molar refractivity (Wildman–Crippen MR) is 66.0 cm³/mol. The summed E-state index contributed by atoms with van der Waals surface area (Å²) in [6.07, 6.45) is 3.22. The van der Waals surface area contributed by atoms with Crippen LogP contribution in [-0.2, 0) is 6.54 Å². The number of pyridine rings is 2. The summed E-state index contributed by atoms with van der Waals surface area (Å²) in [6.45, 7) is 0.294. The molecule has 6 nitrogen and oxygen atoms in total. The first-order valence-corrected chi connectivity index (χ1v) is 5.39. The molecule has 90 valence electrons. The van der Waals surface area contributed by atoms with E-state index in [1.165, 1.54) is 4.57 Å². The highest BCUT2D eigenvalue weighted by Gasteiger charge is 2.11. The van der Waals surface area contributed by atoms with Crippen LogP contribution < -0.4 is 11.5 Å². The normalized spacial score (nSPS) is 10.9. The molecule has 0 saturated carbocycles. The summed E-state index contributed by atoms with van der Waals surface area (Å²) >= 11 is 0. The third-order valence-electron chi connectivity index (χ3n) is 2.68. The van der Waals surface area contributed by atoms with Gasteiger partial charge in [-0.1, -0.05) is 6.07 Å². The number of anilines is 1. The maximum atomic E-state index is 11.7. The molecule has 0 radical (unpaired) electrons. The highest BCUT2D eigenvalue weighted by molar-refractivity contribution is 5.67. The first-order chi connectivity index (χ1) is 8.75. The molecule has 0 saturated heterocycles. The Labute approximate surface area is 102 Å². The lowest BCUT2D eigenvalue weighted by Crippen LogP contribution is -2.16. The number of aromatic nitrogens is 3. The Bertz CT molecular complexity index is 760. The second-order valence-electron chi connectivity index (χ2n) is 3.83. The largest absolute Gasteiger partial charge is 0.421 e. The average Bonchev–Trinajstić information content (AvgIpc) is 2.69. The van der Waals surface area contributed by atoms with Gasteiger partial charge in [0.2, 0.25) is 0 Å². The molecule has 0 unspecified atom stereocenters. The lowest BCUT2D eigenvalue weighted by molar-refractivity contribution is 0.517. The molecule has 3 rings (SSSR count). The van der Waals surface area contributed by atoms with Crippen molar-refractivity contribution < 1.29 is 4.42 Å². The topological polar surface area (TPSA) is 86.9 Å². The van der Waals surface area contributed by atoms with Crippen LogP contribution in [0.25, 0.3) is 11.2 Å². The van der Waals surface area contributed by atoms with Crippen LogP contribution in [0.3, 0.4) is 0 Å². The van der Waals surface area contributed by atoms with Crippen molar-refractivity contribution in [3.63, 3.8) is 0 Å². The third-order valence-corrected chi connectivity index (χ3v) is 2.68. The van der Waals surface area contributed by atoms with Crippen molar-refractivity contribution in [3.8, 4) is 0 Å². The molecule has 3 aromatic heterocycles. The third kappa shape index (κ3) is 1.64. The molecule has 6 heteroatoms. The lowest BCUT2D eigenvalue weighted by atomic mass is 10.2. The molecular weight excluding hydrogens is 232 g/mol. The number of hydrogen-bond acceptors (Lipinski definition) is 5. The molecule has 0 aliphatic rings. The van der Waals surface area contributed by atoms with E-state index < -0.39 is 5.76 Å². The zero-order valence-corrected chi connectivity index (χ0v) is 9.41. The van der Waals surface area contributed by atoms with E-state index in [1.54, 1.807) is 30.6 Å². The van der Waals surface area contributed by atoms with E-state index >= 15 is 0 Å². The first-order valence-electron chi connectivity index (χ1n) is 5.39. The molecule has 0 aliphatic heterocycles. The van der Waals surface area contributed by atoms with Crippen molar-refractivity contribution in [3.05, 3.63) is 52.8 Å². The zero-order chi connectivity index (χ0) is 12.5. The van der Waals surface area contributed by atoms with Crippen LogP contribution >= 0.6 is 0 Å². The molecule has 0 atom stereocenters. The van der Waals surface area contributed by atoms with Gasteiger partial charge in [-0.05, 0) is 18.2 Å². The van der Waals surface area contributed by atoms with E-state index in [2.05, 4.69) is 9.97 Å². The quantitative estimate of drug-likeness (QED) is 0.724. The minimum atomic E-state index is -0.452. The summed E-state index contributed by atoms with van der Waals surface area (Å²) in [5, 5.41) is 0. The molecule has 3 heterocycles. The van der Waals surface area contributed by atoms with E-state index in [0.29, 0.717) is 23.6 Å². The molecule has 3 aromatic rings. The number of oxazole rings is 1. The predicted octanol–water partition coefficient (Wildman–Crippen LogP) is 1.02. The van der Waals surface area contributed by atoms with Gasteiger partial charge in [0, 0.05) is 18.0 Å². The van der Waals surface area contributed by atoms with Crippen molar-refractivity contribution in [2.24, 2.45) is 0 Å².